The molecular weight excluding hydrogens is 218 g/mol. The van der Waals surface area contributed by atoms with Crippen LogP contribution in [-0.4, -0.2) is 11.6 Å². The first kappa shape index (κ1) is 11.1. The van der Waals surface area contributed by atoms with E-state index in [1.54, 1.807) is 11.3 Å². The van der Waals surface area contributed by atoms with Crippen LogP contribution in [0.4, 0.5) is 0 Å². The van der Waals surface area contributed by atoms with Gasteiger partial charge in [-0.15, -0.1) is 11.3 Å². The lowest BCUT2D eigenvalue weighted by molar-refractivity contribution is 0.338. The van der Waals surface area contributed by atoms with Gasteiger partial charge < -0.3 is 4.74 Å². The molecule has 0 atom stereocenters. The van der Waals surface area contributed by atoms with Crippen LogP contribution in [0, 0.1) is 13.8 Å². The number of benzene rings is 1. The van der Waals surface area contributed by atoms with Crippen molar-refractivity contribution < 1.29 is 4.74 Å². The van der Waals surface area contributed by atoms with E-state index in [2.05, 4.69) is 29.4 Å². The van der Waals surface area contributed by atoms with Crippen molar-refractivity contribution in [2.24, 2.45) is 0 Å². The SMILES string of the molecule is CCOc1ccc(-c2nc(C)cs2)cc1C. The molecule has 84 valence electrons. The molecule has 0 amide bonds. The van der Waals surface area contributed by atoms with E-state index >= 15 is 0 Å². The lowest BCUT2D eigenvalue weighted by Gasteiger charge is -2.07. The zero-order chi connectivity index (χ0) is 11.5. The Balaban J connectivity index is 2.34. The molecule has 0 bridgehead atoms. The largest absolute Gasteiger partial charge is 0.494 e. The van der Waals surface area contributed by atoms with Crippen LogP contribution in [0.3, 0.4) is 0 Å². The first-order chi connectivity index (χ1) is 7.70. The number of ether oxygens (including phenoxy) is 1. The number of aromatic nitrogens is 1. The summed E-state index contributed by atoms with van der Waals surface area (Å²) in [4.78, 5) is 4.48. The van der Waals surface area contributed by atoms with Crippen molar-refractivity contribution in [2.75, 3.05) is 6.61 Å². The third-order valence-corrected chi connectivity index (χ3v) is 3.35. The molecule has 0 saturated carbocycles. The van der Waals surface area contributed by atoms with Gasteiger partial charge in [-0.25, -0.2) is 4.98 Å². The molecule has 0 radical (unpaired) electrons. The summed E-state index contributed by atoms with van der Waals surface area (Å²) in [5.74, 6) is 0.958. The fraction of sp³-hybridized carbons (Fsp3) is 0.308. The van der Waals surface area contributed by atoms with Gasteiger partial charge in [0.05, 0.1) is 6.61 Å². The molecule has 16 heavy (non-hydrogen) atoms. The van der Waals surface area contributed by atoms with E-state index in [1.165, 1.54) is 5.56 Å². The van der Waals surface area contributed by atoms with Gasteiger partial charge in [0.1, 0.15) is 10.8 Å². The highest BCUT2D eigenvalue weighted by Gasteiger charge is 2.05. The third kappa shape index (κ3) is 2.25. The molecular formula is C13H15NOS. The quantitative estimate of drug-likeness (QED) is 0.804. The summed E-state index contributed by atoms with van der Waals surface area (Å²) in [7, 11) is 0. The molecule has 1 heterocycles. The minimum absolute atomic E-state index is 0.705. The van der Waals surface area contributed by atoms with E-state index in [9.17, 15) is 0 Å². The van der Waals surface area contributed by atoms with Crippen LogP contribution < -0.4 is 4.74 Å². The molecule has 0 spiro atoms. The number of hydrogen-bond donors (Lipinski definition) is 0. The number of nitrogens with zero attached hydrogens (tertiary/aromatic N) is 1. The average Bonchev–Trinajstić information content (AvgIpc) is 2.68. The van der Waals surface area contributed by atoms with Crippen molar-refractivity contribution >= 4 is 11.3 Å². The Morgan fingerprint density at radius 1 is 1.31 bits per heavy atom. The van der Waals surface area contributed by atoms with E-state index in [0.29, 0.717) is 6.61 Å². The summed E-state index contributed by atoms with van der Waals surface area (Å²) < 4.78 is 5.52. The summed E-state index contributed by atoms with van der Waals surface area (Å²) in [5, 5.41) is 3.14. The predicted molar refractivity (Wildman–Crippen MR) is 68.2 cm³/mol. The van der Waals surface area contributed by atoms with Gasteiger partial charge in [0, 0.05) is 16.6 Å². The molecule has 0 N–H and O–H groups in total. The normalized spacial score (nSPS) is 10.4. The second-order valence-electron chi connectivity index (χ2n) is 3.71. The molecule has 0 aliphatic carbocycles. The van der Waals surface area contributed by atoms with Gasteiger partial charge in [0.2, 0.25) is 0 Å². The van der Waals surface area contributed by atoms with Crippen molar-refractivity contribution in [2.45, 2.75) is 20.8 Å². The second kappa shape index (κ2) is 4.66. The summed E-state index contributed by atoms with van der Waals surface area (Å²) in [6.07, 6.45) is 0. The van der Waals surface area contributed by atoms with Crippen molar-refractivity contribution in [1.29, 1.82) is 0 Å². The molecule has 3 heteroatoms. The molecule has 1 aromatic carbocycles. The number of rotatable bonds is 3. The van der Waals surface area contributed by atoms with Crippen molar-refractivity contribution in [3.05, 3.63) is 34.8 Å². The van der Waals surface area contributed by atoms with Crippen LogP contribution in [0.1, 0.15) is 18.2 Å². The predicted octanol–water partition coefficient (Wildman–Crippen LogP) is 3.83. The molecule has 1 aromatic heterocycles. The molecule has 0 saturated heterocycles. The molecule has 2 aromatic rings. The maximum absolute atomic E-state index is 5.52. The summed E-state index contributed by atoms with van der Waals surface area (Å²) in [5.41, 5.74) is 3.40. The van der Waals surface area contributed by atoms with Gasteiger partial charge in [0.15, 0.2) is 0 Å². The summed E-state index contributed by atoms with van der Waals surface area (Å²) >= 11 is 1.68. The molecule has 0 aliphatic heterocycles. The standard InChI is InChI=1S/C13H15NOS/c1-4-15-12-6-5-11(7-9(12)2)13-14-10(3)8-16-13/h5-8H,4H2,1-3H3. The van der Waals surface area contributed by atoms with Crippen LogP contribution in [0.15, 0.2) is 23.6 Å². The lowest BCUT2D eigenvalue weighted by atomic mass is 10.1. The fourth-order valence-electron chi connectivity index (χ4n) is 1.59. The third-order valence-electron chi connectivity index (χ3n) is 2.34. The van der Waals surface area contributed by atoms with Crippen LogP contribution in [-0.2, 0) is 0 Å². The van der Waals surface area contributed by atoms with E-state index in [0.717, 1.165) is 22.0 Å². The Morgan fingerprint density at radius 3 is 2.69 bits per heavy atom. The maximum atomic E-state index is 5.52. The number of hydrogen-bond acceptors (Lipinski definition) is 3. The first-order valence-corrected chi connectivity index (χ1v) is 6.24. The Hall–Kier alpha value is -1.35. The van der Waals surface area contributed by atoms with Crippen LogP contribution >= 0.6 is 11.3 Å². The Morgan fingerprint density at radius 2 is 2.12 bits per heavy atom. The minimum atomic E-state index is 0.705. The average molecular weight is 233 g/mol. The Labute approximate surface area is 99.9 Å². The monoisotopic (exact) mass is 233 g/mol. The highest BCUT2D eigenvalue weighted by molar-refractivity contribution is 7.13. The van der Waals surface area contributed by atoms with Gasteiger partial charge in [-0.05, 0) is 44.5 Å². The van der Waals surface area contributed by atoms with Crippen LogP contribution in [0.2, 0.25) is 0 Å². The van der Waals surface area contributed by atoms with E-state index in [4.69, 9.17) is 4.74 Å². The van der Waals surface area contributed by atoms with Crippen molar-refractivity contribution in [1.82, 2.24) is 4.98 Å². The van der Waals surface area contributed by atoms with Crippen molar-refractivity contribution in [3.63, 3.8) is 0 Å². The molecule has 2 nitrogen and oxygen atoms in total. The van der Waals surface area contributed by atoms with Gasteiger partial charge >= 0.3 is 0 Å². The van der Waals surface area contributed by atoms with Gasteiger partial charge in [-0.3, -0.25) is 0 Å². The molecule has 0 unspecified atom stereocenters. The summed E-state index contributed by atoms with van der Waals surface area (Å²) in [6.45, 7) is 6.78. The number of thiazole rings is 1. The van der Waals surface area contributed by atoms with E-state index in [-0.39, 0.29) is 0 Å². The fourth-order valence-corrected chi connectivity index (χ4v) is 2.38. The molecule has 0 fully saturated rings. The Kier molecular flexibility index (Phi) is 3.25. The highest BCUT2D eigenvalue weighted by atomic mass is 32.1. The molecule has 2 rings (SSSR count). The van der Waals surface area contributed by atoms with Gasteiger partial charge in [-0.1, -0.05) is 0 Å². The zero-order valence-electron chi connectivity index (χ0n) is 9.78. The van der Waals surface area contributed by atoms with Crippen LogP contribution in [0.25, 0.3) is 10.6 Å². The van der Waals surface area contributed by atoms with Crippen molar-refractivity contribution in [3.8, 4) is 16.3 Å². The molecule has 0 aliphatic rings. The Bertz CT molecular complexity index is 490. The minimum Gasteiger partial charge on any atom is -0.494 e. The summed E-state index contributed by atoms with van der Waals surface area (Å²) in [6, 6.07) is 6.21. The van der Waals surface area contributed by atoms with E-state index < -0.39 is 0 Å². The van der Waals surface area contributed by atoms with Crippen LogP contribution in [0.5, 0.6) is 5.75 Å². The highest BCUT2D eigenvalue weighted by Crippen LogP contribution is 2.28. The van der Waals surface area contributed by atoms with Gasteiger partial charge in [-0.2, -0.15) is 0 Å². The second-order valence-corrected chi connectivity index (χ2v) is 4.57. The topological polar surface area (TPSA) is 22.1 Å². The van der Waals surface area contributed by atoms with E-state index in [1.807, 2.05) is 19.9 Å². The first-order valence-electron chi connectivity index (χ1n) is 5.36. The lowest BCUT2D eigenvalue weighted by Crippen LogP contribution is -1.93. The number of aryl methyl sites for hydroxylation is 2. The maximum Gasteiger partial charge on any atom is 0.123 e. The smallest absolute Gasteiger partial charge is 0.123 e. The zero-order valence-corrected chi connectivity index (χ0v) is 10.6. The van der Waals surface area contributed by atoms with Gasteiger partial charge in [0.25, 0.3) is 0 Å².